The standard InChI is InChI=1S/C16H10ClN3/c17-13-8-5-12(6-9-13)16-19-18-15-10-7-11-3-1-2-4-14(11)20(15)16/h1-10H. The van der Waals surface area contributed by atoms with Gasteiger partial charge in [0.25, 0.3) is 0 Å². The molecule has 0 aliphatic heterocycles. The van der Waals surface area contributed by atoms with Gasteiger partial charge in [0.15, 0.2) is 11.5 Å². The number of halogens is 1. The summed E-state index contributed by atoms with van der Waals surface area (Å²) in [6.07, 6.45) is 0. The second-order valence-electron chi connectivity index (χ2n) is 4.62. The summed E-state index contributed by atoms with van der Waals surface area (Å²) in [5, 5.41) is 10.4. The van der Waals surface area contributed by atoms with E-state index in [-0.39, 0.29) is 0 Å². The minimum Gasteiger partial charge on any atom is -0.275 e. The van der Waals surface area contributed by atoms with Crippen LogP contribution in [0.1, 0.15) is 0 Å². The van der Waals surface area contributed by atoms with Crippen LogP contribution in [0.3, 0.4) is 0 Å². The molecular formula is C16H10ClN3. The van der Waals surface area contributed by atoms with E-state index in [0.717, 1.165) is 27.9 Å². The van der Waals surface area contributed by atoms with Crippen LogP contribution < -0.4 is 0 Å². The lowest BCUT2D eigenvalue weighted by Gasteiger charge is -2.04. The monoisotopic (exact) mass is 279 g/mol. The molecule has 0 bridgehead atoms. The normalized spacial score (nSPS) is 11.2. The fourth-order valence-electron chi connectivity index (χ4n) is 2.42. The molecule has 0 spiro atoms. The van der Waals surface area contributed by atoms with Crippen molar-refractivity contribution in [3.8, 4) is 11.4 Å². The van der Waals surface area contributed by atoms with Crippen LogP contribution in [0.25, 0.3) is 27.9 Å². The number of nitrogens with zero attached hydrogens (tertiary/aromatic N) is 3. The molecule has 2 aromatic carbocycles. The van der Waals surface area contributed by atoms with Crippen molar-refractivity contribution < 1.29 is 0 Å². The zero-order valence-corrected chi connectivity index (χ0v) is 11.2. The van der Waals surface area contributed by atoms with Gasteiger partial charge in [0.2, 0.25) is 0 Å². The Balaban J connectivity index is 2.09. The molecular weight excluding hydrogens is 270 g/mol. The molecule has 2 heterocycles. The van der Waals surface area contributed by atoms with E-state index in [1.165, 1.54) is 0 Å². The zero-order valence-electron chi connectivity index (χ0n) is 10.5. The highest BCUT2D eigenvalue weighted by atomic mass is 35.5. The molecule has 0 saturated carbocycles. The van der Waals surface area contributed by atoms with Gasteiger partial charge in [-0.25, -0.2) is 0 Å². The molecule has 2 aromatic heterocycles. The van der Waals surface area contributed by atoms with Crippen molar-refractivity contribution in [2.24, 2.45) is 0 Å². The fourth-order valence-corrected chi connectivity index (χ4v) is 2.55. The van der Waals surface area contributed by atoms with Gasteiger partial charge in [-0.15, -0.1) is 10.2 Å². The first kappa shape index (κ1) is 11.4. The molecule has 0 saturated heterocycles. The molecule has 20 heavy (non-hydrogen) atoms. The van der Waals surface area contributed by atoms with Crippen LogP contribution >= 0.6 is 11.6 Å². The summed E-state index contributed by atoms with van der Waals surface area (Å²) in [4.78, 5) is 0. The lowest BCUT2D eigenvalue weighted by atomic mass is 10.2. The molecule has 4 heteroatoms. The van der Waals surface area contributed by atoms with Crippen LogP contribution in [-0.4, -0.2) is 14.6 Å². The highest BCUT2D eigenvalue weighted by Gasteiger charge is 2.10. The molecule has 0 N–H and O–H groups in total. The molecule has 4 rings (SSSR count). The number of hydrogen-bond donors (Lipinski definition) is 0. The minimum absolute atomic E-state index is 0.715. The van der Waals surface area contributed by atoms with Crippen LogP contribution in [0.5, 0.6) is 0 Å². The number of benzene rings is 2. The molecule has 0 aliphatic rings. The van der Waals surface area contributed by atoms with E-state index < -0.39 is 0 Å². The quantitative estimate of drug-likeness (QED) is 0.523. The van der Waals surface area contributed by atoms with Crippen molar-refractivity contribution in [2.75, 3.05) is 0 Å². The molecule has 0 amide bonds. The smallest absolute Gasteiger partial charge is 0.168 e. The van der Waals surface area contributed by atoms with Crippen LogP contribution in [0, 0.1) is 0 Å². The van der Waals surface area contributed by atoms with Gasteiger partial charge in [-0.2, -0.15) is 0 Å². The second-order valence-corrected chi connectivity index (χ2v) is 5.05. The van der Waals surface area contributed by atoms with Crippen molar-refractivity contribution in [3.63, 3.8) is 0 Å². The first-order valence-corrected chi connectivity index (χ1v) is 6.69. The number of fused-ring (bicyclic) bond motifs is 3. The van der Waals surface area contributed by atoms with Gasteiger partial charge in [-0.05, 0) is 47.9 Å². The van der Waals surface area contributed by atoms with Crippen LogP contribution in [-0.2, 0) is 0 Å². The van der Waals surface area contributed by atoms with E-state index >= 15 is 0 Å². The number of pyridine rings is 1. The summed E-state index contributed by atoms with van der Waals surface area (Å²) in [6.45, 7) is 0. The van der Waals surface area contributed by atoms with Gasteiger partial charge in [-0.1, -0.05) is 29.8 Å². The zero-order chi connectivity index (χ0) is 13.5. The number of para-hydroxylation sites is 1. The van der Waals surface area contributed by atoms with Gasteiger partial charge in [0.05, 0.1) is 5.52 Å². The van der Waals surface area contributed by atoms with Gasteiger partial charge in [0.1, 0.15) is 0 Å². The average molecular weight is 280 g/mol. The third kappa shape index (κ3) is 1.67. The molecule has 0 radical (unpaired) electrons. The lowest BCUT2D eigenvalue weighted by molar-refractivity contribution is 1.12. The maximum atomic E-state index is 5.94. The Morgan fingerprint density at radius 2 is 1.60 bits per heavy atom. The van der Waals surface area contributed by atoms with Crippen molar-refractivity contribution in [2.45, 2.75) is 0 Å². The van der Waals surface area contributed by atoms with Crippen molar-refractivity contribution in [1.29, 1.82) is 0 Å². The number of hydrogen-bond acceptors (Lipinski definition) is 2. The minimum atomic E-state index is 0.715. The average Bonchev–Trinajstić information content (AvgIpc) is 2.92. The van der Waals surface area contributed by atoms with E-state index in [4.69, 9.17) is 11.6 Å². The molecule has 0 fully saturated rings. The van der Waals surface area contributed by atoms with Crippen LogP contribution in [0.15, 0.2) is 60.7 Å². The molecule has 0 atom stereocenters. The Kier molecular flexibility index (Phi) is 2.47. The Bertz CT molecular complexity index is 910. The van der Waals surface area contributed by atoms with Crippen LogP contribution in [0.2, 0.25) is 5.02 Å². The Morgan fingerprint density at radius 3 is 2.45 bits per heavy atom. The predicted octanol–water partition coefficient (Wildman–Crippen LogP) is 4.20. The fraction of sp³-hybridized carbons (Fsp3) is 0. The van der Waals surface area contributed by atoms with Gasteiger partial charge >= 0.3 is 0 Å². The number of aromatic nitrogens is 3. The predicted molar refractivity (Wildman–Crippen MR) is 80.9 cm³/mol. The van der Waals surface area contributed by atoms with E-state index in [1.54, 1.807) is 0 Å². The van der Waals surface area contributed by atoms with Crippen molar-refractivity contribution in [1.82, 2.24) is 14.6 Å². The van der Waals surface area contributed by atoms with Gasteiger partial charge < -0.3 is 0 Å². The summed E-state index contributed by atoms with van der Waals surface area (Å²) in [5.41, 5.74) is 2.94. The highest BCUT2D eigenvalue weighted by Crippen LogP contribution is 2.24. The molecule has 96 valence electrons. The highest BCUT2D eigenvalue weighted by molar-refractivity contribution is 6.30. The number of rotatable bonds is 1. The Morgan fingerprint density at radius 1 is 0.800 bits per heavy atom. The van der Waals surface area contributed by atoms with E-state index in [9.17, 15) is 0 Å². The van der Waals surface area contributed by atoms with Crippen molar-refractivity contribution >= 4 is 28.2 Å². The second kappa shape index (κ2) is 4.32. The Labute approximate surface area is 120 Å². The van der Waals surface area contributed by atoms with E-state index in [1.807, 2.05) is 42.5 Å². The summed E-state index contributed by atoms with van der Waals surface area (Å²) >= 11 is 5.94. The SMILES string of the molecule is Clc1ccc(-c2nnc3ccc4ccccc4n23)cc1. The third-order valence-electron chi connectivity index (χ3n) is 3.38. The van der Waals surface area contributed by atoms with Gasteiger partial charge in [0, 0.05) is 10.6 Å². The summed E-state index contributed by atoms with van der Waals surface area (Å²) in [6, 6.07) is 19.9. The van der Waals surface area contributed by atoms with E-state index in [2.05, 4.69) is 32.8 Å². The van der Waals surface area contributed by atoms with Crippen LogP contribution in [0.4, 0.5) is 0 Å². The maximum absolute atomic E-state index is 5.94. The lowest BCUT2D eigenvalue weighted by Crippen LogP contribution is -1.91. The topological polar surface area (TPSA) is 30.2 Å². The van der Waals surface area contributed by atoms with Crippen molar-refractivity contribution in [3.05, 3.63) is 65.7 Å². The summed E-state index contributed by atoms with van der Waals surface area (Å²) in [5.74, 6) is 0.827. The third-order valence-corrected chi connectivity index (χ3v) is 3.63. The first-order valence-electron chi connectivity index (χ1n) is 6.32. The maximum Gasteiger partial charge on any atom is 0.168 e. The summed E-state index contributed by atoms with van der Waals surface area (Å²) in [7, 11) is 0. The van der Waals surface area contributed by atoms with E-state index in [0.29, 0.717) is 5.02 Å². The Hall–Kier alpha value is -2.39. The first-order chi connectivity index (χ1) is 9.83. The molecule has 0 unspecified atom stereocenters. The molecule has 3 nitrogen and oxygen atoms in total. The van der Waals surface area contributed by atoms with Gasteiger partial charge in [-0.3, -0.25) is 4.40 Å². The largest absolute Gasteiger partial charge is 0.275 e. The molecule has 4 aromatic rings. The summed E-state index contributed by atoms with van der Waals surface area (Å²) < 4.78 is 2.07. The molecule has 0 aliphatic carbocycles.